The highest BCUT2D eigenvalue weighted by Crippen LogP contribution is 2.45. The number of halogens is 1. The molecule has 2 aliphatic rings. The zero-order valence-corrected chi connectivity index (χ0v) is 17.0. The summed E-state index contributed by atoms with van der Waals surface area (Å²) in [5, 5.41) is 7.27. The third kappa shape index (κ3) is 4.07. The average Bonchev–Trinajstić information content (AvgIpc) is 2.67. The van der Waals surface area contributed by atoms with E-state index in [1.54, 1.807) is 6.92 Å². The third-order valence-electron chi connectivity index (χ3n) is 5.83. The quantitative estimate of drug-likeness (QED) is 0.688. The zero-order valence-electron chi connectivity index (χ0n) is 16.2. The van der Waals surface area contributed by atoms with E-state index in [1.807, 2.05) is 30.3 Å². The highest BCUT2D eigenvalue weighted by atomic mass is 35.5. The number of fused-ring (bicyclic) bond motifs is 1. The van der Waals surface area contributed by atoms with Crippen molar-refractivity contribution in [1.82, 2.24) is 0 Å². The molecule has 1 saturated carbocycles. The van der Waals surface area contributed by atoms with Crippen molar-refractivity contribution < 1.29 is 4.79 Å². The van der Waals surface area contributed by atoms with Crippen molar-refractivity contribution in [1.29, 1.82) is 0 Å². The molecule has 1 fully saturated rings. The first-order chi connectivity index (χ1) is 13.5. The number of carbonyl (C=O) groups is 1. The molecule has 0 saturated heterocycles. The van der Waals surface area contributed by atoms with E-state index in [2.05, 4.69) is 22.8 Å². The van der Waals surface area contributed by atoms with Crippen LogP contribution in [-0.4, -0.2) is 11.7 Å². The summed E-state index contributed by atoms with van der Waals surface area (Å²) in [4.78, 5) is 16.4. The summed E-state index contributed by atoms with van der Waals surface area (Å²) < 4.78 is 0. The molecular formula is C23H26ClN3O. The van der Waals surface area contributed by atoms with Gasteiger partial charge in [0.25, 0.3) is 0 Å². The van der Waals surface area contributed by atoms with Crippen LogP contribution in [0.5, 0.6) is 0 Å². The molecule has 0 bridgehead atoms. The van der Waals surface area contributed by atoms with Gasteiger partial charge in [0.2, 0.25) is 5.91 Å². The first-order valence-electron chi connectivity index (χ1n) is 10.0. The van der Waals surface area contributed by atoms with Gasteiger partial charge in [-0.25, -0.2) is 0 Å². The van der Waals surface area contributed by atoms with Crippen LogP contribution < -0.4 is 10.6 Å². The summed E-state index contributed by atoms with van der Waals surface area (Å²) in [6.45, 7) is 2.17. The van der Waals surface area contributed by atoms with Crippen LogP contribution in [0, 0.1) is 5.41 Å². The number of rotatable bonds is 3. The number of benzene rings is 2. The Balaban J connectivity index is 1.65. The minimum Gasteiger partial charge on any atom is -0.343 e. The van der Waals surface area contributed by atoms with Crippen molar-refractivity contribution >= 4 is 34.7 Å². The third-order valence-corrected chi connectivity index (χ3v) is 6.06. The summed E-state index contributed by atoms with van der Waals surface area (Å²) in [5.74, 6) is 1.06. The minimum absolute atomic E-state index is 0.0418. The SMILES string of the molecule is CC(=O)Nc1ccc2c(c1)CC1(CCCCC1)C(=NCc1cccc(Cl)c1)N2. The number of amidine groups is 1. The van der Waals surface area contributed by atoms with Gasteiger partial charge in [0.05, 0.1) is 6.54 Å². The zero-order chi connectivity index (χ0) is 19.6. The largest absolute Gasteiger partial charge is 0.343 e. The van der Waals surface area contributed by atoms with Crippen molar-refractivity contribution in [3.05, 3.63) is 58.6 Å². The Hall–Kier alpha value is -2.33. The van der Waals surface area contributed by atoms with Gasteiger partial charge in [0.15, 0.2) is 0 Å². The maximum Gasteiger partial charge on any atom is 0.221 e. The molecule has 0 unspecified atom stereocenters. The smallest absolute Gasteiger partial charge is 0.221 e. The van der Waals surface area contributed by atoms with E-state index in [4.69, 9.17) is 16.6 Å². The van der Waals surface area contributed by atoms with Crippen molar-refractivity contribution in [2.75, 3.05) is 10.6 Å². The summed E-state index contributed by atoms with van der Waals surface area (Å²) in [6.07, 6.45) is 7.03. The Kier molecular flexibility index (Phi) is 5.40. The predicted molar refractivity (Wildman–Crippen MR) is 116 cm³/mol. The molecule has 4 nitrogen and oxygen atoms in total. The maximum absolute atomic E-state index is 11.4. The molecular weight excluding hydrogens is 370 g/mol. The van der Waals surface area contributed by atoms with E-state index in [9.17, 15) is 4.79 Å². The molecule has 1 aliphatic carbocycles. The lowest BCUT2D eigenvalue weighted by atomic mass is 9.67. The first kappa shape index (κ1) is 19.0. The van der Waals surface area contributed by atoms with Crippen molar-refractivity contribution in [3.63, 3.8) is 0 Å². The lowest BCUT2D eigenvalue weighted by molar-refractivity contribution is -0.114. The molecule has 4 rings (SSSR count). The van der Waals surface area contributed by atoms with Gasteiger partial charge in [-0.3, -0.25) is 9.79 Å². The second-order valence-corrected chi connectivity index (χ2v) is 8.43. The number of aliphatic imine (C=N–C) groups is 1. The molecule has 2 N–H and O–H groups in total. The average molecular weight is 396 g/mol. The molecule has 0 aromatic heterocycles. The van der Waals surface area contributed by atoms with Gasteiger partial charge in [-0.2, -0.15) is 0 Å². The van der Waals surface area contributed by atoms with E-state index in [1.165, 1.54) is 24.8 Å². The molecule has 1 amide bonds. The van der Waals surface area contributed by atoms with Crippen molar-refractivity contribution in [2.45, 2.75) is 52.0 Å². The van der Waals surface area contributed by atoms with Gasteiger partial charge in [0, 0.05) is 28.7 Å². The first-order valence-corrected chi connectivity index (χ1v) is 10.4. The molecule has 2 aromatic rings. The van der Waals surface area contributed by atoms with E-state index in [0.29, 0.717) is 6.54 Å². The normalized spacial score (nSPS) is 19.1. The second kappa shape index (κ2) is 7.96. The van der Waals surface area contributed by atoms with E-state index in [0.717, 1.165) is 47.1 Å². The minimum atomic E-state index is -0.0418. The summed E-state index contributed by atoms with van der Waals surface area (Å²) in [7, 11) is 0. The highest BCUT2D eigenvalue weighted by molar-refractivity contribution is 6.30. The van der Waals surface area contributed by atoms with Crippen LogP contribution in [0.25, 0.3) is 0 Å². The molecule has 1 aliphatic heterocycles. The van der Waals surface area contributed by atoms with Crippen LogP contribution >= 0.6 is 11.6 Å². The summed E-state index contributed by atoms with van der Waals surface area (Å²) in [6, 6.07) is 14.0. The van der Waals surface area contributed by atoms with Crippen LogP contribution in [0.2, 0.25) is 5.02 Å². The van der Waals surface area contributed by atoms with Gasteiger partial charge in [-0.1, -0.05) is 43.0 Å². The van der Waals surface area contributed by atoms with E-state index in [-0.39, 0.29) is 11.3 Å². The van der Waals surface area contributed by atoms with Crippen molar-refractivity contribution in [2.24, 2.45) is 10.4 Å². The molecule has 0 radical (unpaired) electrons. The lowest BCUT2D eigenvalue weighted by Gasteiger charge is -2.42. The number of amides is 1. The number of nitrogens with zero attached hydrogens (tertiary/aromatic N) is 1. The molecule has 1 heterocycles. The van der Waals surface area contributed by atoms with Crippen LogP contribution in [0.4, 0.5) is 11.4 Å². The predicted octanol–water partition coefficient (Wildman–Crippen LogP) is 5.82. The number of carbonyl (C=O) groups excluding carboxylic acids is 1. The van der Waals surface area contributed by atoms with Gasteiger partial charge in [-0.15, -0.1) is 0 Å². The number of hydrogen-bond donors (Lipinski definition) is 2. The van der Waals surface area contributed by atoms with Gasteiger partial charge in [0.1, 0.15) is 5.84 Å². The van der Waals surface area contributed by atoms with Crippen molar-refractivity contribution in [3.8, 4) is 0 Å². The topological polar surface area (TPSA) is 53.5 Å². The summed E-state index contributed by atoms with van der Waals surface area (Å²) in [5.41, 5.74) is 4.40. The van der Waals surface area contributed by atoms with Crippen LogP contribution in [-0.2, 0) is 17.8 Å². The fourth-order valence-corrected chi connectivity index (χ4v) is 4.72. The Labute approximate surface area is 171 Å². The molecule has 146 valence electrons. The highest BCUT2D eigenvalue weighted by Gasteiger charge is 2.41. The molecule has 5 heteroatoms. The number of nitrogens with one attached hydrogen (secondary N) is 2. The fraction of sp³-hybridized carbons (Fsp3) is 0.391. The Morgan fingerprint density at radius 2 is 2.00 bits per heavy atom. The lowest BCUT2D eigenvalue weighted by Crippen LogP contribution is -2.43. The second-order valence-electron chi connectivity index (χ2n) is 7.99. The Bertz CT molecular complexity index is 916. The van der Waals surface area contributed by atoms with Crippen LogP contribution in [0.1, 0.15) is 50.2 Å². The van der Waals surface area contributed by atoms with Crippen LogP contribution in [0.15, 0.2) is 47.5 Å². The van der Waals surface area contributed by atoms with E-state index >= 15 is 0 Å². The molecule has 2 aromatic carbocycles. The van der Waals surface area contributed by atoms with Crippen LogP contribution in [0.3, 0.4) is 0 Å². The molecule has 0 atom stereocenters. The summed E-state index contributed by atoms with van der Waals surface area (Å²) >= 11 is 6.13. The molecule has 1 spiro atoms. The number of anilines is 2. The van der Waals surface area contributed by atoms with Gasteiger partial charge >= 0.3 is 0 Å². The molecule has 28 heavy (non-hydrogen) atoms. The van der Waals surface area contributed by atoms with Gasteiger partial charge < -0.3 is 10.6 Å². The standard InChI is InChI=1S/C23H26ClN3O/c1-16(28)26-20-8-9-21-18(13-20)14-23(10-3-2-4-11-23)22(27-21)25-15-17-6-5-7-19(24)12-17/h5-9,12-13H,2-4,10-11,14-15H2,1H3,(H,25,27)(H,26,28). The van der Waals surface area contributed by atoms with E-state index < -0.39 is 0 Å². The van der Waals surface area contributed by atoms with Gasteiger partial charge in [-0.05, 0) is 60.7 Å². The Morgan fingerprint density at radius 1 is 1.18 bits per heavy atom. The number of hydrogen-bond acceptors (Lipinski definition) is 2. The Morgan fingerprint density at radius 3 is 2.75 bits per heavy atom. The fourth-order valence-electron chi connectivity index (χ4n) is 4.51. The maximum atomic E-state index is 11.4. The monoisotopic (exact) mass is 395 g/mol.